The van der Waals surface area contributed by atoms with Crippen molar-refractivity contribution in [3.05, 3.63) is 144 Å². The number of ether oxygens (including phenoxy) is 6. The molecule has 1 N–H and O–H groups in total. The van der Waals surface area contributed by atoms with Crippen LogP contribution in [0.4, 0.5) is 0 Å². The number of hydrogen-bond acceptors (Lipinski definition) is 7. The molecule has 1 heterocycles. The van der Waals surface area contributed by atoms with Crippen LogP contribution in [-0.2, 0) is 54.8 Å². The fraction of sp³-hybridized carbons (Fsp3) is 0.306. The molecule has 0 bridgehead atoms. The first kappa shape index (κ1) is 34.4. The summed E-state index contributed by atoms with van der Waals surface area (Å²) in [6.45, 7) is 1.24. The molecule has 10 heteroatoms. The van der Waals surface area contributed by atoms with Crippen molar-refractivity contribution in [3.63, 3.8) is 0 Å². The summed E-state index contributed by atoms with van der Waals surface area (Å²) in [5.74, 6) is -0.606. The van der Waals surface area contributed by atoms with Gasteiger partial charge in [0.25, 0.3) is 3.79 Å². The maximum atomic E-state index is 8.37. The molecule has 0 amide bonds. The predicted molar refractivity (Wildman–Crippen MR) is 179 cm³/mol. The molecule has 0 aromatic heterocycles. The molecule has 7 nitrogen and oxygen atoms in total. The van der Waals surface area contributed by atoms with Crippen LogP contribution in [0.5, 0.6) is 0 Å². The lowest BCUT2D eigenvalue weighted by molar-refractivity contribution is -0.313. The maximum Gasteiger partial charge on any atom is 0.265 e. The molecule has 5 atom stereocenters. The molecule has 242 valence electrons. The van der Waals surface area contributed by atoms with Crippen LogP contribution in [0.3, 0.4) is 0 Å². The summed E-state index contributed by atoms with van der Waals surface area (Å²) in [6.07, 6.45) is -4.17. The van der Waals surface area contributed by atoms with E-state index >= 15 is 0 Å². The molecular weight excluding hydrogens is 649 g/mol. The summed E-state index contributed by atoms with van der Waals surface area (Å²) in [4.78, 5) is 0. The number of hydrogen-bond donors (Lipinski definition) is 1. The lowest BCUT2D eigenvalue weighted by atomic mass is 9.97. The normalized spacial score (nSPS) is 21.5. The molecule has 0 saturated carbocycles. The topological polar surface area (TPSA) is 79.2 Å². The van der Waals surface area contributed by atoms with Gasteiger partial charge in [-0.2, -0.15) is 0 Å². The summed E-state index contributed by atoms with van der Waals surface area (Å²) in [6, 6.07) is 39.2. The zero-order chi connectivity index (χ0) is 32.2. The van der Waals surface area contributed by atoms with Crippen molar-refractivity contribution in [2.24, 2.45) is 0 Å². The monoisotopic (exact) mass is 683 g/mol. The molecule has 1 saturated heterocycles. The lowest BCUT2D eigenvalue weighted by Crippen LogP contribution is -2.62. The van der Waals surface area contributed by atoms with E-state index in [9.17, 15) is 0 Å². The second-order valence-electron chi connectivity index (χ2n) is 10.8. The van der Waals surface area contributed by atoms with Crippen molar-refractivity contribution >= 4 is 40.7 Å². The Labute approximate surface area is 284 Å². The number of halogens is 3. The van der Waals surface area contributed by atoms with Crippen LogP contribution in [0.25, 0.3) is 0 Å². The highest BCUT2D eigenvalue weighted by molar-refractivity contribution is 6.76. The molecule has 4 aromatic carbocycles. The second kappa shape index (κ2) is 17.3. The van der Waals surface area contributed by atoms with Crippen LogP contribution in [0, 0.1) is 5.41 Å². The van der Waals surface area contributed by atoms with Crippen molar-refractivity contribution in [1.29, 1.82) is 5.41 Å². The first-order chi connectivity index (χ1) is 22.4. The Morgan fingerprint density at radius 1 is 0.565 bits per heavy atom. The average molecular weight is 685 g/mol. The largest absolute Gasteiger partial charge is 0.445 e. The summed E-state index contributed by atoms with van der Waals surface area (Å²) >= 11 is 18.1. The van der Waals surface area contributed by atoms with E-state index in [0.717, 1.165) is 22.3 Å². The minimum Gasteiger partial charge on any atom is -0.445 e. The van der Waals surface area contributed by atoms with Crippen LogP contribution in [-0.4, -0.2) is 47.0 Å². The predicted octanol–water partition coefficient (Wildman–Crippen LogP) is 8.05. The van der Waals surface area contributed by atoms with E-state index in [0.29, 0.717) is 6.61 Å². The van der Waals surface area contributed by atoms with Crippen LogP contribution < -0.4 is 0 Å². The highest BCUT2D eigenvalue weighted by atomic mass is 35.6. The Bertz CT molecular complexity index is 1460. The highest BCUT2D eigenvalue weighted by Gasteiger charge is 2.51. The summed E-state index contributed by atoms with van der Waals surface area (Å²) in [7, 11) is 0. The molecule has 0 spiro atoms. The highest BCUT2D eigenvalue weighted by Crippen LogP contribution is 2.34. The van der Waals surface area contributed by atoms with E-state index in [1.807, 2.05) is 121 Å². The third-order valence-electron chi connectivity index (χ3n) is 7.33. The molecule has 46 heavy (non-hydrogen) atoms. The first-order valence-electron chi connectivity index (χ1n) is 14.9. The number of rotatable bonds is 14. The van der Waals surface area contributed by atoms with Crippen LogP contribution in [0.1, 0.15) is 22.3 Å². The van der Waals surface area contributed by atoms with Gasteiger partial charge in [0.15, 0.2) is 0 Å². The maximum absolute atomic E-state index is 8.37. The van der Waals surface area contributed by atoms with E-state index in [-0.39, 0.29) is 26.4 Å². The van der Waals surface area contributed by atoms with Gasteiger partial charge in [-0.25, -0.2) is 0 Å². The van der Waals surface area contributed by atoms with Gasteiger partial charge in [-0.3, -0.25) is 5.41 Å². The third-order valence-corrected chi connectivity index (χ3v) is 7.85. The van der Waals surface area contributed by atoms with Crippen LogP contribution >= 0.6 is 34.8 Å². The van der Waals surface area contributed by atoms with E-state index in [1.54, 1.807) is 0 Å². The minimum atomic E-state index is -2.12. The van der Waals surface area contributed by atoms with Gasteiger partial charge in [0, 0.05) is 0 Å². The van der Waals surface area contributed by atoms with Gasteiger partial charge in [-0.05, 0) is 22.3 Å². The van der Waals surface area contributed by atoms with Gasteiger partial charge in [-0.15, -0.1) is 0 Å². The fourth-order valence-electron chi connectivity index (χ4n) is 5.02. The van der Waals surface area contributed by atoms with Gasteiger partial charge in [0.05, 0.1) is 33.0 Å². The van der Waals surface area contributed by atoms with E-state index < -0.39 is 40.4 Å². The average Bonchev–Trinajstić information content (AvgIpc) is 3.07. The lowest BCUT2D eigenvalue weighted by Gasteiger charge is -2.46. The summed E-state index contributed by atoms with van der Waals surface area (Å²) in [5.41, 5.74) is 3.87. The van der Waals surface area contributed by atoms with E-state index in [2.05, 4.69) is 0 Å². The molecular formula is C36H36Cl3NO6. The third kappa shape index (κ3) is 10.3. The van der Waals surface area contributed by atoms with Gasteiger partial charge in [-0.1, -0.05) is 156 Å². The van der Waals surface area contributed by atoms with E-state index in [4.69, 9.17) is 68.6 Å². The van der Waals surface area contributed by atoms with E-state index in [1.165, 1.54) is 0 Å². The smallest absolute Gasteiger partial charge is 0.265 e. The Kier molecular flexibility index (Phi) is 12.9. The van der Waals surface area contributed by atoms with Gasteiger partial charge in [0.1, 0.15) is 24.4 Å². The molecule has 1 aliphatic rings. The number of nitrogens with one attached hydrogen (secondary N) is 1. The Balaban J connectivity index is 1.46. The standard InChI is InChI=1S/C36H36Cl3NO6/c37-36(38,39)35(40)46-34-33(44-24-29-19-11-4-12-20-29)32(43-23-28-17-9-3-10-18-28)31(42-22-27-15-7-2-8-16-27)30(45-34)25-41-21-26-13-5-1-6-14-26/h1-20,30-34,40H,21-25H2/t30-,31-,32+,33-,34-/m0/s1. The molecule has 0 radical (unpaired) electrons. The van der Waals surface area contributed by atoms with Crippen molar-refractivity contribution < 1.29 is 28.4 Å². The zero-order valence-electron chi connectivity index (χ0n) is 25.1. The van der Waals surface area contributed by atoms with Gasteiger partial charge >= 0.3 is 0 Å². The molecule has 4 aromatic rings. The van der Waals surface area contributed by atoms with Crippen LogP contribution in [0.15, 0.2) is 121 Å². The molecule has 1 fully saturated rings. The van der Waals surface area contributed by atoms with Gasteiger partial charge < -0.3 is 28.4 Å². The number of alkyl halides is 3. The van der Waals surface area contributed by atoms with Crippen LogP contribution in [0.2, 0.25) is 0 Å². The van der Waals surface area contributed by atoms with Crippen molar-refractivity contribution in [2.45, 2.75) is 60.9 Å². The Morgan fingerprint density at radius 3 is 1.39 bits per heavy atom. The summed E-state index contributed by atoms with van der Waals surface area (Å²) in [5, 5.41) is 8.37. The summed E-state index contributed by atoms with van der Waals surface area (Å²) < 4.78 is 36.1. The molecule has 1 aliphatic heterocycles. The van der Waals surface area contributed by atoms with Crippen molar-refractivity contribution in [3.8, 4) is 0 Å². The van der Waals surface area contributed by atoms with Crippen molar-refractivity contribution in [1.82, 2.24) is 0 Å². The Morgan fingerprint density at radius 2 is 0.957 bits per heavy atom. The molecule has 0 aliphatic carbocycles. The SMILES string of the molecule is N=C(O[C@@H]1O[C@@H](COCc2ccccc2)[C@H](OCc2ccccc2)[C@@H](OCc2ccccc2)[C@@H]1OCc1ccccc1)C(Cl)(Cl)Cl. The van der Waals surface area contributed by atoms with Crippen molar-refractivity contribution in [2.75, 3.05) is 6.61 Å². The quantitative estimate of drug-likeness (QED) is 0.0823. The Hall–Kier alpha value is -2.98. The molecule has 0 unspecified atom stereocenters. The molecule has 5 rings (SSSR count). The van der Waals surface area contributed by atoms with Gasteiger partial charge in [0.2, 0.25) is 12.2 Å². The zero-order valence-corrected chi connectivity index (χ0v) is 27.3. The minimum absolute atomic E-state index is 0.131. The number of benzene rings is 4. The first-order valence-corrected chi connectivity index (χ1v) is 16.1. The fourth-order valence-corrected chi connectivity index (χ4v) is 5.16. The second-order valence-corrected chi connectivity index (χ2v) is 13.1.